The monoisotopic (exact) mass is 312 g/mol. The smallest absolute Gasteiger partial charge is 0.406 e. The highest BCUT2D eigenvalue weighted by molar-refractivity contribution is 5.85. The highest BCUT2D eigenvalue weighted by Crippen LogP contribution is 2.24. The van der Waals surface area contributed by atoms with Gasteiger partial charge in [-0.05, 0) is 31.5 Å². The summed E-state index contributed by atoms with van der Waals surface area (Å²) in [6, 6.07) is 4.29. The van der Waals surface area contributed by atoms with Crippen molar-refractivity contribution in [1.82, 2.24) is 5.32 Å². The van der Waals surface area contributed by atoms with E-state index >= 15 is 0 Å². The Morgan fingerprint density at radius 1 is 1.25 bits per heavy atom. The lowest BCUT2D eigenvalue weighted by atomic mass is 10.1. The summed E-state index contributed by atoms with van der Waals surface area (Å²) in [5.41, 5.74) is 6.05. The van der Waals surface area contributed by atoms with Crippen LogP contribution in [0.4, 0.5) is 13.2 Å². The average Bonchev–Trinajstić information content (AvgIpc) is 2.27. The number of rotatable bonds is 4. The van der Waals surface area contributed by atoms with Gasteiger partial charge >= 0.3 is 6.36 Å². The van der Waals surface area contributed by atoms with Crippen LogP contribution in [0.5, 0.6) is 5.75 Å². The molecule has 0 fully saturated rings. The molecule has 20 heavy (non-hydrogen) atoms. The van der Waals surface area contributed by atoms with Crippen LogP contribution in [0, 0.1) is 0 Å². The SMILES string of the molecule is CC(NC(=O)[C@@H](C)N)c1ccc(OC(F)(F)F)cc1.Cl. The van der Waals surface area contributed by atoms with Gasteiger partial charge < -0.3 is 15.8 Å². The Hall–Kier alpha value is -1.47. The summed E-state index contributed by atoms with van der Waals surface area (Å²) in [7, 11) is 0. The first-order valence-electron chi connectivity index (χ1n) is 5.60. The number of alkyl halides is 3. The van der Waals surface area contributed by atoms with Crippen molar-refractivity contribution in [3.8, 4) is 5.75 Å². The van der Waals surface area contributed by atoms with Crippen molar-refractivity contribution in [2.75, 3.05) is 0 Å². The molecule has 0 heterocycles. The fourth-order valence-corrected chi connectivity index (χ4v) is 1.39. The molecule has 8 heteroatoms. The standard InChI is InChI=1S/C12H15F3N2O2.ClH/c1-7(16)11(18)17-8(2)9-3-5-10(6-4-9)19-12(13,14)15;/h3-8H,16H2,1-2H3,(H,17,18);1H/t7-,8?;/m1./s1. The molecule has 1 rings (SSSR count). The van der Waals surface area contributed by atoms with Gasteiger partial charge in [0.15, 0.2) is 0 Å². The predicted molar refractivity (Wildman–Crippen MR) is 70.6 cm³/mol. The maximum absolute atomic E-state index is 12.0. The lowest BCUT2D eigenvalue weighted by Crippen LogP contribution is -2.39. The van der Waals surface area contributed by atoms with Gasteiger partial charge in [-0.1, -0.05) is 12.1 Å². The van der Waals surface area contributed by atoms with Crippen LogP contribution in [0.3, 0.4) is 0 Å². The van der Waals surface area contributed by atoms with Crippen molar-refractivity contribution in [1.29, 1.82) is 0 Å². The molecule has 114 valence electrons. The third-order valence-electron chi connectivity index (χ3n) is 2.39. The largest absolute Gasteiger partial charge is 0.573 e. The van der Waals surface area contributed by atoms with Crippen molar-refractivity contribution in [3.63, 3.8) is 0 Å². The molecule has 0 radical (unpaired) electrons. The van der Waals surface area contributed by atoms with Crippen LogP contribution < -0.4 is 15.8 Å². The molecule has 2 atom stereocenters. The average molecular weight is 313 g/mol. The zero-order valence-corrected chi connectivity index (χ0v) is 11.7. The normalized spacial score (nSPS) is 13.9. The highest BCUT2D eigenvalue weighted by atomic mass is 35.5. The molecule has 1 unspecified atom stereocenters. The van der Waals surface area contributed by atoms with E-state index in [1.807, 2.05) is 0 Å². The van der Waals surface area contributed by atoms with Crippen molar-refractivity contribution in [2.24, 2.45) is 5.73 Å². The summed E-state index contributed by atoms with van der Waals surface area (Å²) in [6.45, 7) is 3.25. The fourth-order valence-electron chi connectivity index (χ4n) is 1.39. The molecular formula is C12H16ClF3N2O2. The minimum atomic E-state index is -4.71. The van der Waals surface area contributed by atoms with Gasteiger partial charge in [0.05, 0.1) is 12.1 Å². The van der Waals surface area contributed by atoms with E-state index in [0.29, 0.717) is 5.56 Å². The molecule has 0 bridgehead atoms. The first kappa shape index (κ1) is 18.5. The van der Waals surface area contributed by atoms with Gasteiger partial charge in [-0.25, -0.2) is 0 Å². The van der Waals surface area contributed by atoms with Crippen LogP contribution in [0.1, 0.15) is 25.5 Å². The molecule has 4 nitrogen and oxygen atoms in total. The summed E-state index contributed by atoms with van der Waals surface area (Å²) in [6.07, 6.45) is -4.71. The van der Waals surface area contributed by atoms with Crippen molar-refractivity contribution in [2.45, 2.75) is 32.3 Å². The lowest BCUT2D eigenvalue weighted by Gasteiger charge is -2.16. The second kappa shape index (κ2) is 7.35. The van der Waals surface area contributed by atoms with Crippen LogP contribution >= 0.6 is 12.4 Å². The van der Waals surface area contributed by atoms with Crippen LogP contribution in [0.25, 0.3) is 0 Å². The summed E-state index contributed by atoms with van der Waals surface area (Å²) >= 11 is 0. The van der Waals surface area contributed by atoms with Crippen molar-refractivity contribution < 1.29 is 22.7 Å². The van der Waals surface area contributed by atoms with Crippen molar-refractivity contribution >= 4 is 18.3 Å². The Bertz CT molecular complexity index is 435. The van der Waals surface area contributed by atoms with E-state index in [0.717, 1.165) is 0 Å². The molecule has 1 aromatic carbocycles. The van der Waals surface area contributed by atoms with Gasteiger partial charge in [0.1, 0.15) is 5.75 Å². The number of nitrogens with one attached hydrogen (secondary N) is 1. The molecule has 0 aliphatic rings. The van der Waals surface area contributed by atoms with Crippen LogP contribution in [0.15, 0.2) is 24.3 Å². The van der Waals surface area contributed by atoms with E-state index in [1.165, 1.54) is 24.3 Å². The number of nitrogens with two attached hydrogens (primary N) is 1. The van der Waals surface area contributed by atoms with Gasteiger partial charge in [-0.2, -0.15) is 0 Å². The van der Waals surface area contributed by atoms with E-state index in [1.54, 1.807) is 13.8 Å². The van der Waals surface area contributed by atoms with Gasteiger partial charge in [0.25, 0.3) is 0 Å². The first-order chi connectivity index (χ1) is 8.69. The number of ether oxygens (including phenoxy) is 1. The number of halogens is 4. The Balaban J connectivity index is 0.00000361. The summed E-state index contributed by atoms with van der Waals surface area (Å²) < 4.78 is 39.7. The number of hydrogen-bond donors (Lipinski definition) is 2. The summed E-state index contributed by atoms with van der Waals surface area (Å²) in [5, 5.41) is 2.64. The zero-order chi connectivity index (χ0) is 14.6. The summed E-state index contributed by atoms with van der Waals surface area (Å²) in [4.78, 5) is 11.4. The van der Waals surface area contributed by atoms with Crippen LogP contribution in [0.2, 0.25) is 0 Å². The van der Waals surface area contributed by atoms with Crippen molar-refractivity contribution in [3.05, 3.63) is 29.8 Å². The van der Waals surface area contributed by atoms with Gasteiger partial charge in [0, 0.05) is 0 Å². The lowest BCUT2D eigenvalue weighted by molar-refractivity contribution is -0.274. The second-order valence-electron chi connectivity index (χ2n) is 4.14. The molecule has 3 N–H and O–H groups in total. The summed E-state index contributed by atoms with van der Waals surface area (Å²) in [5.74, 6) is -0.634. The molecule has 0 saturated carbocycles. The Morgan fingerprint density at radius 2 is 1.75 bits per heavy atom. The molecule has 0 aliphatic carbocycles. The molecule has 0 aliphatic heterocycles. The number of carbonyl (C=O) groups excluding carboxylic acids is 1. The topological polar surface area (TPSA) is 64.4 Å². The number of hydrogen-bond acceptors (Lipinski definition) is 3. The van der Waals surface area contributed by atoms with Crippen LogP contribution in [-0.4, -0.2) is 18.3 Å². The Labute approximate surface area is 120 Å². The minimum Gasteiger partial charge on any atom is -0.406 e. The second-order valence-corrected chi connectivity index (χ2v) is 4.14. The minimum absolute atomic E-state index is 0. The van der Waals surface area contributed by atoms with E-state index in [-0.39, 0.29) is 30.1 Å². The Morgan fingerprint density at radius 3 is 2.15 bits per heavy atom. The fraction of sp³-hybridized carbons (Fsp3) is 0.417. The van der Waals surface area contributed by atoms with Gasteiger partial charge in [-0.15, -0.1) is 25.6 Å². The predicted octanol–water partition coefficient (Wildman–Crippen LogP) is 2.53. The van der Waals surface area contributed by atoms with E-state index < -0.39 is 12.4 Å². The highest BCUT2D eigenvalue weighted by Gasteiger charge is 2.31. The third-order valence-corrected chi connectivity index (χ3v) is 2.39. The zero-order valence-electron chi connectivity index (χ0n) is 10.9. The van der Waals surface area contributed by atoms with Gasteiger partial charge in [-0.3, -0.25) is 4.79 Å². The quantitative estimate of drug-likeness (QED) is 0.898. The molecule has 1 aromatic rings. The number of amides is 1. The molecule has 0 spiro atoms. The van der Waals surface area contributed by atoms with Gasteiger partial charge in [0.2, 0.25) is 5.91 Å². The van der Waals surface area contributed by atoms with E-state index in [2.05, 4.69) is 10.1 Å². The number of benzene rings is 1. The molecule has 1 amide bonds. The van der Waals surface area contributed by atoms with E-state index in [4.69, 9.17) is 5.73 Å². The maximum Gasteiger partial charge on any atom is 0.573 e. The third kappa shape index (κ3) is 6.12. The van der Waals surface area contributed by atoms with Crippen LogP contribution in [-0.2, 0) is 4.79 Å². The van der Waals surface area contributed by atoms with E-state index in [9.17, 15) is 18.0 Å². The maximum atomic E-state index is 12.0. The molecule has 0 saturated heterocycles. The molecular weight excluding hydrogens is 297 g/mol. The molecule has 0 aromatic heterocycles. The first-order valence-corrected chi connectivity index (χ1v) is 5.60. The number of carbonyl (C=O) groups is 1. The Kier molecular flexibility index (Phi) is 6.81.